The van der Waals surface area contributed by atoms with Gasteiger partial charge in [0.2, 0.25) is 0 Å². The van der Waals surface area contributed by atoms with Crippen LogP contribution in [-0.2, 0) is 5.41 Å². The van der Waals surface area contributed by atoms with Gasteiger partial charge in [0, 0.05) is 49.9 Å². The number of fused-ring (bicyclic) bond motifs is 16. The topological polar surface area (TPSA) is 13.1 Å². The third kappa shape index (κ3) is 4.65. The lowest BCUT2D eigenvalue weighted by Gasteiger charge is -2.32. The molecule has 298 valence electrons. The maximum Gasteiger partial charge on any atom is 0.0726 e. The summed E-state index contributed by atoms with van der Waals surface area (Å²) < 4.78 is 4.80. The number of hydrogen-bond acceptors (Lipinski definition) is 1. The summed E-state index contributed by atoms with van der Waals surface area (Å²) in [6.45, 7) is 0. The second-order valence-corrected chi connectivity index (χ2v) is 17.2. The number of rotatable bonds is 5. The Morgan fingerprint density at radius 1 is 0.297 bits per heavy atom. The van der Waals surface area contributed by atoms with Gasteiger partial charge in [-0.1, -0.05) is 158 Å². The van der Waals surface area contributed by atoms with E-state index in [4.69, 9.17) is 0 Å². The summed E-state index contributed by atoms with van der Waals surface area (Å²) in [5, 5.41) is 4.89. The largest absolute Gasteiger partial charge is 0.310 e. The van der Waals surface area contributed by atoms with Crippen LogP contribution in [0.25, 0.3) is 77.2 Å². The van der Waals surface area contributed by atoms with Gasteiger partial charge in [-0.3, -0.25) is 0 Å². The van der Waals surface area contributed by atoms with Crippen molar-refractivity contribution in [2.24, 2.45) is 0 Å². The van der Waals surface area contributed by atoms with E-state index in [1.807, 2.05) is 0 Å². The molecule has 0 saturated carbocycles. The van der Waals surface area contributed by atoms with Crippen LogP contribution in [0.3, 0.4) is 0 Å². The minimum Gasteiger partial charge on any atom is -0.310 e. The van der Waals surface area contributed by atoms with Gasteiger partial charge in [-0.25, -0.2) is 0 Å². The van der Waals surface area contributed by atoms with Crippen molar-refractivity contribution < 1.29 is 0 Å². The molecule has 14 rings (SSSR count). The van der Waals surface area contributed by atoms with E-state index in [9.17, 15) is 0 Å². The summed E-state index contributed by atoms with van der Waals surface area (Å²) in [7, 11) is 0. The zero-order valence-corrected chi connectivity index (χ0v) is 34.9. The smallest absolute Gasteiger partial charge is 0.0726 e. The van der Waals surface area contributed by atoms with Crippen molar-refractivity contribution in [3.63, 3.8) is 0 Å². The van der Waals surface area contributed by atoms with Crippen molar-refractivity contribution in [1.82, 2.24) is 9.13 Å². The Balaban J connectivity index is 1.08. The first-order valence-corrected chi connectivity index (χ1v) is 22.2. The van der Waals surface area contributed by atoms with Crippen molar-refractivity contribution in [3.8, 4) is 33.6 Å². The highest BCUT2D eigenvalue weighted by atomic mass is 15.1. The zero-order chi connectivity index (χ0) is 41.9. The van der Waals surface area contributed by atoms with E-state index in [0.29, 0.717) is 0 Å². The zero-order valence-electron chi connectivity index (χ0n) is 34.9. The molecular formula is C61H39N3. The van der Waals surface area contributed by atoms with Crippen molar-refractivity contribution in [1.29, 1.82) is 0 Å². The molecule has 0 saturated heterocycles. The molecule has 0 fully saturated rings. The van der Waals surface area contributed by atoms with Gasteiger partial charge in [-0.05, 0) is 118 Å². The molecule has 0 radical (unpaired) electrons. The molecule has 10 aromatic carbocycles. The van der Waals surface area contributed by atoms with Gasteiger partial charge in [0.15, 0.2) is 0 Å². The SMILES string of the molecule is c1ccc(-n2c3ccccc3c3cc(N(c4ccc5c(c4)c4ccccc4n5-c4ccccc4)c4cccc5c4-c4ccccc4C54c5ccccc5-c5ccccc54)ccc32)cc1. The van der Waals surface area contributed by atoms with Crippen molar-refractivity contribution in [3.05, 3.63) is 259 Å². The Morgan fingerprint density at radius 3 is 1.23 bits per heavy atom. The molecule has 2 aromatic heterocycles. The fourth-order valence-electron chi connectivity index (χ4n) is 11.6. The molecule has 64 heavy (non-hydrogen) atoms. The number of hydrogen-bond donors (Lipinski definition) is 0. The summed E-state index contributed by atoms with van der Waals surface area (Å²) >= 11 is 0. The molecule has 12 aromatic rings. The second kappa shape index (κ2) is 13.3. The average Bonchev–Trinajstić information content (AvgIpc) is 4.07. The lowest BCUT2D eigenvalue weighted by Crippen LogP contribution is -2.26. The summed E-state index contributed by atoms with van der Waals surface area (Å²) in [4.78, 5) is 2.53. The average molecular weight is 814 g/mol. The lowest BCUT2D eigenvalue weighted by molar-refractivity contribution is 0.794. The number of anilines is 3. The molecular weight excluding hydrogens is 775 g/mol. The number of aromatic nitrogens is 2. The van der Waals surface area contributed by atoms with Gasteiger partial charge >= 0.3 is 0 Å². The van der Waals surface area contributed by atoms with Crippen LogP contribution in [0.1, 0.15) is 22.3 Å². The van der Waals surface area contributed by atoms with Gasteiger partial charge in [0.05, 0.1) is 33.2 Å². The predicted octanol–water partition coefficient (Wildman–Crippen LogP) is 15.7. The highest BCUT2D eigenvalue weighted by Crippen LogP contribution is 2.64. The molecule has 0 aliphatic heterocycles. The van der Waals surface area contributed by atoms with Gasteiger partial charge < -0.3 is 14.0 Å². The Morgan fingerprint density at radius 2 is 0.703 bits per heavy atom. The van der Waals surface area contributed by atoms with Crippen LogP contribution in [0.15, 0.2) is 237 Å². The number of nitrogens with zero attached hydrogens (tertiary/aromatic N) is 3. The van der Waals surface area contributed by atoms with E-state index in [-0.39, 0.29) is 0 Å². The molecule has 2 aliphatic rings. The Hall–Kier alpha value is -8.40. The molecule has 3 nitrogen and oxygen atoms in total. The van der Waals surface area contributed by atoms with E-state index in [1.165, 1.54) is 88.1 Å². The molecule has 3 heteroatoms. The van der Waals surface area contributed by atoms with Crippen LogP contribution < -0.4 is 4.90 Å². The normalized spacial score (nSPS) is 13.1. The predicted molar refractivity (Wildman–Crippen MR) is 266 cm³/mol. The first-order chi connectivity index (χ1) is 31.8. The van der Waals surface area contributed by atoms with Crippen molar-refractivity contribution in [2.45, 2.75) is 5.41 Å². The summed E-state index contributed by atoms with van der Waals surface area (Å²) in [6.07, 6.45) is 0. The Kier molecular flexibility index (Phi) is 7.32. The van der Waals surface area contributed by atoms with E-state index in [1.54, 1.807) is 0 Å². The van der Waals surface area contributed by atoms with Gasteiger partial charge in [-0.15, -0.1) is 0 Å². The molecule has 2 heterocycles. The molecule has 0 unspecified atom stereocenters. The molecule has 0 amide bonds. The Labute approximate surface area is 371 Å². The van der Waals surface area contributed by atoms with Crippen molar-refractivity contribution >= 4 is 60.7 Å². The van der Waals surface area contributed by atoms with Crippen molar-refractivity contribution in [2.75, 3.05) is 4.90 Å². The van der Waals surface area contributed by atoms with Crippen LogP contribution in [0.2, 0.25) is 0 Å². The van der Waals surface area contributed by atoms with Crippen LogP contribution in [0.5, 0.6) is 0 Å². The van der Waals surface area contributed by atoms with Gasteiger partial charge in [0.25, 0.3) is 0 Å². The fraction of sp³-hybridized carbons (Fsp3) is 0.0164. The second-order valence-electron chi connectivity index (χ2n) is 17.2. The summed E-state index contributed by atoms with van der Waals surface area (Å²) in [5.74, 6) is 0. The number of para-hydroxylation sites is 4. The van der Waals surface area contributed by atoms with E-state index >= 15 is 0 Å². The monoisotopic (exact) mass is 813 g/mol. The van der Waals surface area contributed by atoms with E-state index in [2.05, 4.69) is 251 Å². The molecule has 2 aliphatic carbocycles. The minimum atomic E-state index is -0.457. The first kappa shape index (κ1) is 35.2. The van der Waals surface area contributed by atoms with E-state index in [0.717, 1.165) is 28.4 Å². The standard InChI is InChI=1S/C61H39N3/c1-3-18-40(19-4-1)63-55-31-15-10-24-46(55)49-38-42(34-36-57(49)63)62(43-35-37-58-50(39-43)47-25-11-16-32-56(47)64(58)41-20-5-2-6-21-41)59-33-17-30-54-60(59)48-26-9-14-29-53(48)61(54)51-27-12-7-22-44(51)45-23-8-13-28-52(45)61/h1-39H. The third-order valence-corrected chi connectivity index (χ3v) is 14.1. The molecule has 0 N–H and O–H groups in total. The number of benzene rings is 10. The highest BCUT2D eigenvalue weighted by Gasteiger charge is 2.52. The van der Waals surface area contributed by atoms with E-state index < -0.39 is 5.41 Å². The molecule has 1 spiro atoms. The lowest BCUT2D eigenvalue weighted by atomic mass is 9.70. The maximum absolute atomic E-state index is 2.53. The summed E-state index contributed by atoms with van der Waals surface area (Å²) in [5.41, 5.74) is 20.4. The van der Waals surface area contributed by atoms with Crippen LogP contribution in [0, 0.1) is 0 Å². The minimum absolute atomic E-state index is 0.457. The van der Waals surface area contributed by atoms with Gasteiger partial charge in [0.1, 0.15) is 0 Å². The van der Waals surface area contributed by atoms with Crippen LogP contribution in [0.4, 0.5) is 17.1 Å². The van der Waals surface area contributed by atoms with Crippen LogP contribution >= 0.6 is 0 Å². The molecule has 0 atom stereocenters. The quantitative estimate of drug-likeness (QED) is 0.169. The Bertz CT molecular complexity index is 3650. The highest BCUT2D eigenvalue weighted by molar-refractivity contribution is 6.13. The maximum atomic E-state index is 2.53. The molecule has 0 bridgehead atoms. The first-order valence-electron chi connectivity index (χ1n) is 22.2. The third-order valence-electron chi connectivity index (χ3n) is 14.1. The summed E-state index contributed by atoms with van der Waals surface area (Å²) in [6, 6.07) is 87.6. The van der Waals surface area contributed by atoms with Crippen LogP contribution in [-0.4, -0.2) is 9.13 Å². The fourth-order valence-corrected chi connectivity index (χ4v) is 11.6. The van der Waals surface area contributed by atoms with Gasteiger partial charge in [-0.2, -0.15) is 0 Å².